The predicted octanol–water partition coefficient (Wildman–Crippen LogP) is 5.25. The molecule has 0 amide bonds. The number of halogens is 2. The molecule has 1 aliphatic rings. The number of piperidine rings is 1. The Morgan fingerprint density at radius 2 is 1.89 bits per heavy atom. The fourth-order valence-corrected chi connectivity index (χ4v) is 3.95. The van der Waals surface area contributed by atoms with E-state index in [0.29, 0.717) is 23.2 Å². The number of para-hydroxylation sites is 1. The number of rotatable bonds is 4. The average Bonchev–Trinajstić information content (AvgIpc) is 2.66. The maximum atomic E-state index is 14.1. The molecular formula is C23H24F2N2O. The third kappa shape index (κ3) is 3.85. The molecule has 3 nitrogen and oxygen atoms in total. The van der Waals surface area contributed by atoms with Crippen molar-refractivity contribution in [1.82, 2.24) is 9.88 Å². The van der Waals surface area contributed by atoms with Gasteiger partial charge in [-0.3, -0.25) is 4.90 Å². The molecule has 2 unspecified atom stereocenters. The summed E-state index contributed by atoms with van der Waals surface area (Å²) in [6.45, 7) is 5.42. The number of ether oxygens (including phenoxy) is 1. The van der Waals surface area contributed by atoms with Gasteiger partial charge in [0.05, 0.1) is 0 Å². The highest BCUT2D eigenvalue weighted by atomic mass is 19.1. The van der Waals surface area contributed by atoms with Crippen molar-refractivity contribution < 1.29 is 13.5 Å². The third-order valence-electron chi connectivity index (χ3n) is 5.47. The summed E-state index contributed by atoms with van der Waals surface area (Å²) in [4.78, 5) is 6.60. The number of aryl methyl sites for hydroxylation is 1. The number of pyridine rings is 1. The van der Waals surface area contributed by atoms with E-state index in [-0.39, 0.29) is 23.8 Å². The van der Waals surface area contributed by atoms with E-state index < -0.39 is 0 Å². The van der Waals surface area contributed by atoms with Crippen molar-refractivity contribution in [2.24, 2.45) is 0 Å². The van der Waals surface area contributed by atoms with Crippen LogP contribution in [0.25, 0.3) is 10.9 Å². The number of benzene rings is 2. The maximum absolute atomic E-state index is 14.1. The molecule has 2 atom stereocenters. The second kappa shape index (κ2) is 7.84. The van der Waals surface area contributed by atoms with Crippen molar-refractivity contribution in [3.63, 3.8) is 0 Å². The van der Waals surface area contributed by atoms with Crippen LogP contribution in [0.3, 0.4) is 0 Å². The molecule has 0 N–H and O–H groups in total. The van der Waals surface area contributed by atoms with E-state index in [9.17, 15) is 8.78 Å². The Hall–Kier alpha value is -2.53. The standard InChI is InChI=1S/C23H24F2N2O/c1-15-12-22(19-7-5-9-21(25)23(19)26-15)28-18-10-11-27(16(2)13-18)14-17-6-3-4-8-20(17)24/h3-9,12,16,18H,10-11,13-14H2,1-2H3. The molecule has 0 bridgehead atoms. The molecule has 1 aromatic heterocycles. The molecule has 1 aliphatic heterocycles. The van der Waals surface area contributed by atoms with Crippen LogP contribution in [0, 0.1) is 18.6 Å². The number of aromatic nitrogens is 1. The Bertz CT molecular complexity index is 991. The Kier molecular flexibility index (Phi) is 5.27. The summed E-state index contributed by atoms with van der Waals surface area (Å²) in [5, 5.41) is 0.701. The monoisotopic (exact) mass is 382 g/mol. The van der Waals surface area contributed by atoms with E-state index in [2.05, 4.69) is 16.8 Å². The summed E-state index contributed by atoms with van der Waals surface area (Å²) in [5.74, 6) is 0.190. The minimum Gasteiger partial charge on any atom is -0.490 e. The molecule has 28 heavy (non-hydrogen) atoms. The van der Waals surface area contributed by atoms with Gasteiger partial charge >= 0.3 is 0 Å². The summed E-state index contributed by atoms with van der Waals surface area (Å²) < 4.78 is 34.4. The molecule has 3 aromatic rings. The van der Waals surface area contributed by atoms with Gasteiger partial charge in [-0.1, -0.05) is 24.3 Å². The van der Waals surface area contributed by atoms with Gasteiger partial charge in [-0.2, -0.15) is 0 Å². The van der Waals surface area contributed by atoms with Crippen LogP contribution in [0.1, 0.15) is 31.0 Å². The highest BCUT2D eigenvalue weighted by Crippen LogP contribution is 2.31. The van der Waals surface area contributed by atoms with Gasteiger partial charge in [0, 0.05) is 41.8 Å². The summed E-state index contributed by atoms with van der Waals surface area (Å²) in [5.41, 5.74) is 1.81. The maximum Gasteiger partial charge on any atom is 0.149 e. The molecule has 2 aromatic carbocycles. The van der Waals surface area contributed by atoms with Crippen LogP contribution < -0.4 is 4.74 Å². The molecule has 1 saturated heterocycles. The van der Waals surface area contributed by atoms with Crippen molar-refractivity contribution in [1.29, 1.82) is 0 Å². The highest BCUT2D eigenvalue weighted by Gasteiger charge is 2.27. The lowest BCUT2D eigenvalue weighted by Gasteiger charge is -2.37. The van der Waals surface area contributed by atoms with Crippen LogP contribution in [0.2, 0.25) is 0 Å². The average molecular weight is 382 g/mol. The van der Waals surface area contributed by atoms with Crippen LogP contribution in [-0.4, -0.2) is 28.6 Å². The zero-order valence-electron chi connectivity index (χ0n) is 16.2. The first kappa shape index (κ1) is 18.8. The van der Waals surface area contributed by atoms with Crippen LogP contribution in [0.4, 0.5) is 8.78 Å². The second-order valence-corrected chi connectivity index (χ2v) is 7.57. The topological polar surface area (TPSA) is 25.4 Å². The lowest BCUT2D eigenvalue weighted by Crippen LogP contribution is -2.44. The van der Waals surface area contributed by atoms with E-state index in [1.807, 2.05) is 31.2 Å². The van der Waals surface area contributed by atoms with Crippen molar-refractivity contribution in [2.75, 3.05) is 6.54 Å². The molecule has 0 aliphatic carbocycles. The number of hydrogen-bond donors (Lipinski definition) is 0. The summed E-state index contributed by atoms with van der Waals surface area (Å²) in [6.07, 6.45) is 1.73. The fraction of sp³-hybridized carbons (Fsp3) is 0.348. The SMILES string of the molecule is Cc1cc(OC2CCN(Cc3ccccc3F)C(C)C2)c2cccc(F)c2n1. The number of nitrogens with zero attached hydrogens (tertiary/aromatic N) is 2. The van der Waals surface area contributed by atoms with Crippen LogP contribution >= 0.6 is 0 Å². The zero-order valence-corrected chi connectivity index (χ0v) is 16.2. The largest absolute Gasteiger partial charge is 0.490 e. The minimum atomic E-state index is -0.334. The molecular weight excluding hydrogens is 358 g/mol. The van der Waals surface area contributed by atoms with E-state index in [1.165, 1.54) is 12.1 Å². The normalized spacial score (nSPS) is 20.4. The van der Waals surface area contributed by atoms with Crippen molar-refractivity contribution in [3.05, 3.63) is 71.4 Å². The van der Waals surface area contributed by atoms with Crippen molar-refractivity contribution in [2.45, 2.75) is 45.4 Å². The van der Waals surface area contributed by atoms with Gasteiger partial charge in [0.15, 0.2) is 0 Å². The molecule has 0 saturated carbocycles. The van der Waals surface area contributed by atoms with Crippen molar-refractivity contribution in [3.8, 4) is 5.75 Å². The molecule has 1 fully saturated rings. The van der Waals surface area contributed by atoms with Gasteiger partial charge in [0.2, 0.25) is 0 Å². The van der Waals surface area contributed by atoms with E-state index in [4.69, 9.17) is 4.74 Å². The highest BCUT2D eigenvalue weighted by molar-refractivity contribution is 5.85. The van der Waals surface area contributed by atoms with Gasteiger partial charge in [-0.05, 0) is 44.9 Å². The van der Waals surface area contributed by atoms with E-state index in [1.54, 1.807) is 12.1 Å². The Morgan fingerprint density at radius 3 is 2.68 bits per heavy atom. The first-order valence-corrected chi connectivity index (χ1v) is 9.71. The first-order chi connectivity index (χ1) is 13.5. The second-order valence-electron chi connectivity index (χ2n) is 7.57. The lowest BCUT2D eigenvalue weighted by molar-refractivity contribution is 0.0587. The minimum absolute atomic E-state index is 0.0418. The van der Waals surface area contributed by atoms with E-state index in [0.717, 1.165) is 30.6 Å². The summed E-state index contributed by atoms with van der Waals surface area (Å²) in [7, 11) is 0. The molecule has 4 rings (SSSR count). The van der Waals surface area contributed by atoms with Crippen LogP contribution in [0.15, 0.2) is 48.5 Å². The molecule has 146 valence electrons. The first-order valence-electron chi connectivity index (χ1n) is 9.71. The van der Waals surface area contributed by atoms with Gasteiger partial charge in [-0.15, -0.1) is 0 Å². The lowest BCUT2D eigenvalue weighted by atomic mass is 9.99. The Morgan fingerprint density at radius 1 is 1.11 bits per heavy atom. The number of likely N-dealkylation sites (tertiary alicyclic amines) is 1. The Labute approximate surface area is 164 Å². The van der Waals surface area contributed by atoms with Gasteiger partial charge in [0.25, 0.3) is 0 Å². The zero-order chi connectivity index (χ0) is 19.7. The Balaban J connectivity index is 1.48. The molecule has 0 spiro atoms. The van der Waals surface area contributed by atoms with Crippen LogP contribution in [0.5, 0.6) is 5.75 Å². The molecule has 2 heterocycles. The summed E-state index contributed by atoms with van der Waals surface area (Å²) in [6, 6.07) is 14.0. The molecule has 0 radical (unpaired) electrons. The van der Waals surface area contributed by atoms with Crippen molar-refractivity contribution >= 4 is 10.9 Å². The predicted molar refractivity (Wildman–Crippen MR) is 106 cm³/mol. The van der Waals surface area contributed by atoms with Crippen LogP contribution in [-0.2, 0) is 6.54 Å². The third-order valence-corrected chi connectivity index (χ3v) is 5.47. The molecule has 5 heteroatoms. The quantitative estimate of drug-likeness (QED) is 0.616. The smallest absolute Gasteiger partial charge is 0.149 e. The van der Waals surface area contributed by atoms with Gasteiger partial charge in [-0.25, -0.2) is 13.8 Å². The van der Waals surface area contributed by atoms with Gasteiger partial charge in [0.1, 0.15) is 29.0 Å². The number of fused-ring (bicyclic) bond motifs is 1. The van der Waals surface area contributed by atoms with E-state index >= 15 is 0 Å². The van der Waals surface area contributed by atoms with Gasteiger partial charge < -0.3 is 4.74 Å². The fourth-order valence-electron chi connectivity index (χ4n) is 3.95. The summed E-state index contributed by atoms with van der Waals surface area (Å²) >= 11 is 0. The number of hydrogen-bond acceptors (Lipinski definition) is 3.